The third-order valence-corrected chi connectivity index (χ3v) is 12.0. The molecule has 0 aliphatic heterocycles. The van der Waals surface area contributed by atoms with Crippen molar-refractivity contribution in [3.05, 3.63) is 46.3 Å². The number of esters is 2. The van der Waals surface area contributed by atoms with Crippen molar-refractivity contribution in [3.63, 3.8) is 0 Å². The fourth-order valence-electron chi connectivity index (χ4n) is 9.14. The third kappa shape index (κ3) is 3.83. The molecular formula is C33H44O6. The van der Waals surface area contributed by atoms with Gasteiger partial charge in [0.2, 0.25) is 5.78 Å². The maximum absolute atomic E-state index is 13.4. The molecule has 0 radical (unpaired) electrons. The second-order valence-electron chi connectivity index (χ2n) is 14.0. The Morgan fingerprint density at radius 3 is 2.36 bits per heavy atom. The molecule has 39 heavy (non-hydrogen) atoms. The third-order valence-electron chi connectivity index (χ3n) is 12.0. The zero-order chi connectivity index (χ0) is 28.6. The predicted octanol–water partition coefficient (Wildman–Crippen LogP) is 6.72. The summed E-state index contributed by atoms with van der Waals surface area (Å²) < 4.78 is 10.5. The van der Waals surface area contributed by atoms with Crippen LogP contribution >= 0.6 is 0 Å². The summed E-state index contributed by atoms with van der Waals surface area (Å²) in [5.74, 6) is -0.958. The first-order chi connectivity index (χ1) is 18.2. The normalized spacial score (nSPS) is 41.2. The van der Waals surface area contributed by atoms with Gasteiger partial charge in [0, 0.05) is 11.0 Å². The number of rotatable bonds is 4. The van der Waals surface area contributed by atoms with Crippen molar-refractivity contribution in [2.75, 3.05) is 13.2 Å². The van der Waals surface area contributed by atoms with Crippen LogP contribution in [-0.4, -0.2) is 36.0 Å². The van der Waals surface area contributed by atoms with Gasteiger partial charge in [-0.05, 0) is 105 Å². The van der Waals surface area contributed by atoms with E-state index in [0.29, 0.717) is 11.5 Å². The van der Waals surface area contributed by atoms with Crippen LogP contribution in [0.5, 0.6) is 0 Å². The molecule has 5 rings (SSSR count). The molecule has 5 aliphatic rings. The van der Waals surface area contributed by atoms with Crippen LogP contribution in [0.1, 0.15) is 93.4 Å². The number of allylic oxidation sites excluding steroid dienone is 7. The van der Waals surface area contributed by atoms with Gasteiger partial charge in [-0.15, -0.1) is 0 Å². The van der Waals surface area contributed by atoms with Crippen LogP contribution in [0.4, 0.5) is 0 Å². The highest BCUT2D eigenvalue weighted by Gasteiger charge is 2.67. The van der Waals surface area contributed by atoms with Crippen molar-refractivity contribution in [2.24, 2.45) is 33.0 Å². The minimum absolute atomic E-state index is 0.0496. The lowest BCUT2D eigenvalue weighted by Gasteiger charge is -2.70. The Balaban J connectivity index is 1.50. The quantitative estimate of drug-likeness (QED) is 0.401. The number of ether oxygens (including phenoxy) is 2. The van der Waals surface area contributed by atoms with Crippen LogP contribution in [0.3, 0.4) is 0 Å². The van der Waals surface area contributed by atoms with Crippen molar-refractivity contribution in [3.8, 4) is 0 Å². The van der Waals surface area contributed by atoms with Gasteiger partial charge in [-0.1, -0.05) is 45.4 Å². The van der Waals surface area contributed by atoms with Crippen LogP contribution < -0.4 is 0 Å². The van der Waals surface area contributed by atoms with Gasteiger partial charge in [-0.2, -0.15) is 0 Å². The highest BCUT2D eigenvalue weighted by atomic mass is 16.6. The van der Waals surface area contributed by atoms with E-state index in [9.17, 15) is 19.5 Å². The summed E-state index contributed by atoms with van der Waals surface area (Å²) in [4.78, 5) is 37.9. The summed E-state index contributed by atoms with van der Waals surface area (Å²) in [6.07, 6.45) is 12.5. The number of carbonyl (C=O) groups excluding carboxylic acids is 3. The van der Waals surface area contributed by atoms with E-state index < -0.39 is 11.4 Å². The zero-order valence-electron chi connectivity index (χ0n) is 24.7. The van der Waals surface area contributed by atoms with Crippen LogP contribution in [-0.2, 0) is 23.9 Å². The van der Waals surface area contributed by atoms with Gasteiger partial charge in [-0.3, -0.25) is 9.59 Å². The first-order valence-electron chi connectivity index (χ1n) is 14.6. The zero-order valence-corrected chi connectivity index (χ0v) is 24.7. The number of ketones is 1. The minimum atomic E-state index is -0.648. The Hall–Kier alpha value is -2.63. The van der Waals surface area contributed by atoms with E-state index in [4.69, 9.17) is 9.47 Å². The van der Waals surface area contributed by atoms with E-state index in [1.54, 1.807) is 13.0 Å². The molecule has 6 nitrogen and oxygen atoms in total. The molecule has 0 aromatic heterocycles. The second kappa shape index (κ2) is 8.94. The average Bonchev–Trinajstić information content (AvgIpc) is 2.89. The fraction of sp³-hybridized carbons (Fsp3) is 0.667. The lowest BCUT2D eigenvalue weighted by Crippen LogP contribution is -2.62. The lowest BCUT2D eigenvalue weighted by molar-refractivity contribution is -0.185. The van der Waals surface area contributed by atoms with Gasteiger partial charge in [-0.25, -0.2) is 4.79 Å². The molecule has 212 valence electrons. The van der Waals surface area contributed by atoms with E-state index in [2.05, 4.69) is 39.8 Å². The number of fused-ring (bicyclic) bond motifs is 7. The first kappa shape index (κ1) is 27.9. The number of hydrogen-bond acceptors (Lipinski definition) is 6. The lowest BCUT2D eigenvalue weighted by atomic mass is 9.34. The average molecular weight is 537 g/mol. The summed E-state index contributed by atoms with van der Waals surface area (Å²) in [6.45, 7) is 15.0. The Labute approximate surface area is 232 Å². The van der Waals surface area contributed by atoms with Gasteiger partial charge in [0.05, 0.1) is 12.0 Å². The monoisotopic (exact) mass is 536 g/mol. The van der Waals surface area contributed by atoms with E-state index in [1.807, 2.05) is 13.8 Å². The maximum Gasteiger partial charge on any atom is 0.344 e. The van der Waals surface area contributed by atoms with Crippen molar-refractivity contribution >= 4 is 17.7 Å². The number of hydrogen-bond donors (Lipinski definition) is 1. The Kier molecular flexibility index (Phi) is 6.40. The predicted molar refractivity (Wildman–Crippen MR) is 149 cm³/mol. The molecule has 3 fully saturated rings. The van der Waals surface area contributed by atoms with Crippen molar-refractivity contribution in [2.45, 2.75) is 93.4 Å². The largest absolute Gasteiger partial charge is 0.504 e. The van der Waals surface area contributed by atoms with Crippen molar-refractivity contribution in [1.82, 2.24) is 0 Å². The molecule has 5 aliphatic carbocycles. The Bertz CT molecular complexity index is 1270. The SMILES string of the molecule is CCOC(=O)COC(=O)[C@]1(C)CC[C@]2(C)CC[C@]3(C)C4=CC=C5C(=CC(=O)C(O)=C5C)[C@]4(C)CC[C@@]3(C)[C@@H]2C1. The molecule has 3 saturated carbocycles. The van der Waals surface area contributed by atoms with Crippen molar-refractivity contribution < 1.29 is 29.0 Å². The van der Waals surface area contributed by atoms with Gasteiger partial charge in [0.25, 0.3) is 0 Å². The number of aliphatic hydroxyl groups is 1. The number of carbonyl (C=O) groups is 3. The van der Waals surface area contributed by atoms with E-state index in [1.165, 1.54) is 5.57 Å². The molecule has 6 atom stereocenters. The molecule has 0 unspecified atom stereocenters. The molecule has 0 aromatic carbocycles. The van der Waals surface area contributed by atoms with Crippen molar-refractivity contribution in [1.29, 1.82) is 0 Å². The van der Waals surface area contributed by atoms with Gasteiger partial charge >= 0.3 is 11.9 Å². The molecule has 0 aromatic rings. The summed E-state index contributed by atoms with van der Waals surface area (Å²) in [5, 5.41) is 10.4. The fourth-order valence-corrected chi connectivity index (χ4v) is 9.14. The number of aliphatic hydroxyl groups excluding tert-OH is 1. The van der Waals surface area contributed by atoms with E-state index in [0.717, 1.165) is 56.1 Å². The minimum Gasteiger partial charge on any atom is -0.504 e. The molecule has 6 heteroatoms. The van der Waals surface area contributed by atoms with Gasteiger partial charge in [0.1, 0.15) is 0 Å². The summed E-state index contributed by atoms with van der Waals surface area (Å²) in [5.41, 5.74) is 3.09. The summed E-state index contributed by atoms with van der Waals surface area (Å²) >= 11 is 0. The van der Waals surface area contributed by atoms with Crippen LogP contribution in [0.15, 0.2) is 46.3 Å². The van der Waals surface area contributed by atoms with Gasteiger partial charge < -0.3 is 14.6 Å². The highest BCUT2D eigenvalue weighted by molar-refractivity contribution is 6.06. The Morgan fingerprint density at radius 1 is 0.974 bits per heavy atom. The molecule has 0 amide bonds. The van der Waals surface area contributed by atoms with E-state index in [-0.39, 0.29) is 52.4 Å². The topological polar surface area (TPSA) is 89.9 Å². The highest BCUT2D eigenvalue weighted by Crippen LogP contribution is 2.75. The molecule has 0 saturated heterocycles. The standard InChI is InChI=1S/C33H44O6/c1-8-38-26(35)19-39-28(37)30(4)12-11-29(3)13-15-32(6)24-10-9-21-20(2)27(36)23(34)17-22(21)31(24,5)14-16-33(32,7)25(29)18-30/h9-10,17,25,36H,8,11-16,18-19H2,1-7H3/t25-,29-,30-,31+,32-,33+/m1/s1. The van der Waals surface area contributed by atoms with E-state index >= 15 is 0 Å². The second-order valence-corrected chi connectivity index (χ2v) is 14.0. The smallest absolute Gasteiger partial charge is 0.344 e. The molecule has 0 bridgehead atoms. The molecule has 1 N–H and O–H groups in total. The van der Waals surface area contributed by atoms with Crippen LogP contribution in [0.25, 0.3) is 0 Å². The van der Waals surface area contributed by atoms with Crippen LogP contribution in [0.2, 0.25) is 0 Å². The Morgan fingerprint density at radius 2 is 1.67 bits per heavy atom. The molecule has 0 heterocycles. The summed E-state index contributed by atoms with van der Waals surface area (Å²) in [7, 11) is 0. The molecular weight excluding hydrogens is 492 g/mol. The first-order valence-corrected chi connectivity index (χ1v) is 14.6. The van der Waals surface area contributed by atoms with Gasteiger partial charge in [0.15, 0.2) is 12.4 Å². The summed E-state index contributed by atoms with van der Waals surface area (Å²) in [6, 6.07) is 0. The molecule has 0 spiro atoms. The van der Waals surface area contributed by atoms with Crippen LogP contribution in [0, 0.1) is 33.0 Å². The maximum atomic E-state index is 13.4.